The van der Waals surface area contributed by atoms with Crippen molar-refractivity contribution in [3.63, 3.8) is 0 Å². The van der Waals surface area contributed by atoms with Gasteiger partial charge in [0.15, 0.2) is 25.1 Å². The van der Waals surface area contributed by atoms with E-state index in [-0.39, 0.29) is 13.6 Å². The molecule has 0 amide bonds. The summed E-state index contributed by atoms with van der Waals surface area (Å²) in [6.07, 6.45) is -0.900. The van der Waals surface area contributed by atoms with Gasteiger partial charge >= 0.3 is 0 Å². The number of hydrogen-bond acceptors (Lipinski definition) is 9. The van der Waals surface area contributed by atoms with Crippen LogP contribution in [0.1, 0.15) is 17.2 Å². The second-order valence-electron chi connectivity index (χ2n) is 6.71. The van der Waals surface area contributed by atoms with E-state index in [1.165, 1.54) is 7.11 Å². The van der Waals surface area contributed by atoms with E-state index in [2.05, 4.69) is 10.5 Å². The Morgan fingerprint density at radius 1 is 1.00 bits per heavy atom. The number of rotatable bonds is 8. The Morgan fingerprint density at radius 2 is 1.77 bits per heavy atom. The number of benzene rings is 2. The van der Waals surface area contributed by atoms with Gasteiger partial charge in [-0.2, -0.15) is 5.10 Å². The maximum Gasteiger partial charge on any atom is 0.188 e. The molecule has 30 heavy (non-hydrogen) atoms. The van der Waals surface area contributed by atoms with Crippen LogP contribution in [0.4, 0.5) is 0 Å². The minimum atomic E-state index is -0.900. The van der Waals surface area contributed by atoms with Gasteiger partial charge in [0.1, 0.15) is 42.6 Å². The molecule has 4 rings (SSSR count). The number of methoxy groups -OCH3 is 2. The molecule has 0 radical (unpaired) electrons. The van der Waals surface area contributed by atoms with E-state index in [4.69, 9.17) is 28.4 Å². The van der Waals surface area contributed by atoms with Crippen LogP contribution in [0, 0.1) is 0 Å². The van der Waals surface area contributed by atoms with E-state index in [1.807, 2.05) is 18.2 Å². The van der Waals surface area contributed by atoms with Crippen LogP contribution in [0.5, 0.6) is 23.0 Å². The predicted molar refractivity (Wildman–Crippen MR) is 107 cm³/mol. The molecule has 2 atom stereocenters. The van der Waals surface area contributed by atoms with Gasteiger partial charge in [-0.05, 0) is 29.8 Å². The van der Waals surface area contributed by atoms with Crippen LogP contribution in [0.2, 0.25) is 0 Å². The van der Waals surface area contributed by atoms with E-state index >= 15 is 0 Å². The zero-order valence-electron chi connectivity index (χ0n) is 16.8. The van der Waals surface area contributed by atoms with Gasteiger partial charge < -0.3 is 33.5 Å². The molecular weight excluding hydrogens is 392 g/mol. The average Bonchev–Trinajstić information content (AvgIpc) is 3.17. The van der Waals surface area contributed by atoms with Crippen LogP contribution in [-0.2, 0) is 9.47 Å². The minimum Gasteiger partial charge on any atom is -0.486 e. The Balaban J connectivity index is 1.57. The van der Waals surface area contributed by atoms with Crippen LogP contribution in [-0.4, -0.2) is 57.9 Å². The normalized spacial score (nSPS) is 19.8. The molecule has 0 aliphatic carbocycles. The number of ether oxygens (including phenoxy) is 6. The van der Waals surface area contributed by atoms with Crippen LogP contribution >= 0.6 is 0 Å². The summed E-state index contributed by atoms with van der Waals surface area (Å²) in [6, 6.07) is 10.4. The average molecular weight is 416 g/mol. The Hall–Kier alpha value is -3.01. The lowest BCUT2D eigenvalue weighted by Gasteiger charge is -2.22. The van der Waals surface area contributed by atoms with Crippen molar-refractivity contribution in [3.8, 4) is 23.0 Å². The first kappa shape index (κ1) is 20.3. The molecule has 0 saturated carbocycles. The van der Waals surface area contributed by atoms with Crippen LogP contribution in [0.15, 0.2) is 41.5 Å². The van der Waals surface area contributed by atoms with Crippen molar-refractivity contribution in [1.82, 2.24) is 5.43 Å². The topological polar surface area (TPSA) is 100 Å². The van der Waals surface area contributed by atoms with Crippen LogP contribution in [0.25, 0.3) is 0 Å². The van der Waals surface area contributed by atoms with Gasteiger partial charge in [-0.1, -0.05) is 6.07 Å². The van der Waals surface area contributed by atoms with Gasteiger partial charge in [0, 0.05) is 25.8 Å². The fraction of sp³-hybridized carbons (Fsp3) is 0.381. The highest BCUT2D eigenvalue weighted by Gasteiger charge is 2.34. The molecule has 160 valence electrons. The molecule has 0 fully saturated rings. The second kappa shape index (κ2) is 9.21. The molecule has 0 aromatic heterocycles. The molecule has 2 aliphatic heterocycles. The molecular formula is C21H24N2O7. The van der Waals surface area contributed by atoms with Crippen molar-refractivity contribution in [2.24, 2.45) is 5.10 Å². The summed E-state index contributed by atoms with van der Waals surface area (Å²) in [7, 11) is 3.08. The summed E-state index contributed by atoms with van der Waals surface area (Å²) >= 11 is 0. The van der Waals surface area contributed by atoms with Gasteiger partial charge in [-0.15, -0.1) is 0 Å². The minimum absolute atomic E-state index is 0.0448. The molecule has 0 unspecified atom stereocenters. The molecule has 0 saturated heterocycles. The maximum atomic E-state index is 11.0. The van der Waals surface area contributed by atoms with Gasteiger partial charge in [-0.3, -0.25) is 5.43 Å². The van der Waals surface area contributed by atoms with Gasteiger partial charge in [0.05, 0.1) is 0 Å². The van der Waals surface area contributed by atoms with Gasteiger partial charge in [-0.25, -0.2) is 0 Å². The molecule has 2 aliphatic rings. The monoisotopic (exact) mass is 416 g/mol. The Morgan fingerprint density at radius 3 is 2.57 bits per heavy atom. The number of hydrazone groups is 1. The summed E-state index contributed by atoms with van der Waals surface area (Å²) < 4.78 is 32.3. The van der Waals surface area contributed by atoms with E-state index in [0.29, 0.717) is 47.5 Å². The zero-order chi connectivity index (χ0) is 20.9. The summed E-state index contributed by atoms with van der Waals surface area (Å²) in [5.74, 6) is 2.40. The molecule has 2 N–H and O–H groups in total. The quantitative estimate of drug-likeness (QED) is 0.629. The Kier molecular flexibility index (Phi) is 6.22. The molecule has 9 nitrogen and oxygen atoms in total. The fourth-order valence-corrected chi connectivity index (χ4v) is 3.34. The summed E-state index contributed by atoms with van der Waals surface area (Å²) in [5.41, 5.74) is 4.95. The summed E-state index contributed by atoms with van der Waals surface area (Å²) in [6.45, 7) is 1.18. The first-order valence-electron chi connectivity index (χ1n) is 9.50. The maximum absolute atomic E-state index is 11.0. The van der Waals surface area contributed by atoms with E-state index in [9.17, 15) is 5.11 Å². The van der Waals surface area contributed by atoms with Crippen molar-refractivity contribution >= 4 is 5.71 Å². The van der Waals surface area contributed by atoms with Crippen molar-refractivity contribution in [3.05, 3.63) is 47.5 Å². The molecule has 2 heterocycles. The standard InChI is InChI=1S/C21H24N2O7/c1-25-11-29-14-4-5-15(17(10-14)30-12-26-2)20-21(24)19(22-23-20)13-3-6-16-18(9-13)28-8-7-27-16/h3-6,9-10,19,21-22,24H,7-8,11-12H2,1-2H3/t19-,21+/m1/s1. The zero-order valence-corrected chi connectivity index (χ0v) is 16.8. The lowest BCUT2D eigenvalue weighted by Crippen LogP contribution is -2.28. The molecule has 9 heteroatoms. The Labute approximate surface area is 174 Å². The van der Waals surface area contributed by atoms with Crippen molar-refractivity contribution in [2.75, 3.05) is 41.0 Å². The molecule has 0 bridgehead atoms. The summed E-state index contributed by atoms with van der Waals surface area (Å²) in [5, 5.41) is 15.4. The number of nitrogens with one attached hydrogen (secondary N) is 1. The molecule has 0 spiro atoms. The van der Waals surface area contributed by atoms with Crippen LogP contribution < -0.4 is 24.4 Å². The number of aliphatic hydroxyl groups is 1. The smallest absolute Gasteiger partial charge is 0.188 e. The van der Waals surface area contributed by atoms with Crippen molar-refractivity contribution in [2.45, 2.75) is 12.1 Å². The first-order chi connectivity index (χ1) is 14.7. The third-order valence-electron chi connectivity index (χ3n) is 4.75. The SMILES string of the molecule is COCOc1ccc(C2=NN[C@H](c3ccc4c(c3)OCCO4)[C@@H]2O)c(OCOC)c1. The Bertz CT molecular complexity index is 918. The highest BCUT2D eigenvalue weighted by atomic mass is 16.7. The largest absolute Gasteiger partial charge is 0.486 e. The third kappa shape index (κ3) is 4.13. The molecule has 2 aromatic carbocycles. The highest BCUT2D eigenvalue weighted by Crippen LogP contribution is 2.36. The lowest BCUT2D eigenvalue weighted by molar-refractivity contribution is 0.0459. The number of fused-ring (bicyclic) bond motifs is 1. The van der Waals surface area contributed by atoms with Crippen LogP contribution in [0.3, 0.4) is 0 Å². The van der Waals surface area contributed by atoms with Crippen molar-refractivity contribution in [1.29, 1.82) is 0 Å². The van der Waals surface area contributed by atoms with E-state index in [1.54, 1.807) is 25.3 Å². The van der Waals surface area contributed by atoms with Gasteiger partial charge in [0.25, 0.3) is 0 Å². The second-order valence-corrected chi connectivity index (χ2v) is 6.71. The van der Waals surface area contributed by atoms with E-state index < -0.39 is 12.1 Å². The van der Waals surface area contributed by atoms with Crippen molar-refractivity contribution < 1.29 is 33.5 Å². The fourth-order valence-electron chi connectivity index (χ4n) is 3.34. The highest BCUT2D eigenvalue weighted by molar-refractivity contribution is 6.07. The van der Waals surface area contributed by atoms with Gasteiger partial charge in [0.2, 0.25) is 0 Å². The third-order valence-corrected chi connectivity index (χ3v) is 4.75. The number of aliphatic hydroxyl groups excluding tert-OH is 1. The number of hydrogen-bond donors (Lipinski definition) is 2. The summed E-state index contributed by atoms with van der Waals surface area (Å²) in [4.78, 5) is 0. The predicted octanol–water partition coefficient (Wildman–Crippen LogP) is 1.83. The lowest BCUT2D eigenvalue weighted by atomic mass is 9.95. The number of nitrogens with zero attached hydrogens (tertiary/aromatic N) is 1. The molecule has 2 aromatic rings. The van der Waals surface area contributed by atoms with E-state index in [0.717, 1.165) is 5.56 Å². The first-order valence-corrected chi connectivity index (χ1v) is 9.50.